The van der Waals surface area contributed by atoms with Crippen LogP contribution < -0.4 is 0 Å². The Morgan fingerprint density at radius 3 is 2.44 bits per heavy atom. The van der Waals surface area contributed by atoms with Crippen LogP contribution in [-0.4, -0.2) is 37.3 Å². The lowest BCUT2D eigenvalue weighted by Gasteiger charge is -2.17. The van der Waals surface area contributed by atoms with E-state index in [1.165, 1.54) is 10.9 Å². The fraction of sp³-hybridized carbons (Fsp3) is 0.176. The minimum atomic E-state index is -4.90. The fourth-order valence-electron chi connectivity index (χ4n) is 2.72. The summed E-state index contributed by atoms with van der Waals surface area (Å²) in [5, 5.41) is 0. The van der Waals surface area contributed by atoms with Gasteiger partial charge in [0.1, 0.15) is 6.33 Å². The largest absolute Gasteiger partial charge is 0.465 e. The third-order valence-electron chi connectivity index (χ3n) is 3.92. The van der Waals surface area contributed by atoms with Gasteiger partial charge in [0.15, 0.2) is 9.84 Å². The molecule has 6 nitrogen and oxygen atoms in total. The van der Waals surface area contributed by atoms with Crippen molar-refractivity contribution in [2.24, 2.45) is 0 Å². The summed E-state index contributed by atoms with van der Waals surface area (Å²) in [5.41, 5.74) is -1.54. The van der Waals surface area contributed by atoms with E-state index in [9.17, 15) is 26.4 Å². The fourth-order valence-corrected chi connectivity index (χ4v) is 3.59. The molecule has 0 fully saturated rings. The monoisotopic (exact) mass is 398 g/mol. The van der Waals surface area contributed by atoms with Crippen LogP contribution in [-0.2, 0) is 20.8 Å². The number of imidazole rings is 1. The molecule has 0 aliphatic carbocycles. The van der Waals surface area contributed by atoms with Gasteiger partial charge in [-0.2, -0.15) is 13.2 Å². The molecule has 10 heteroatoms. The molecule has 0 unspecified atom stereocenters. The van der Waals surface area contributed by atoms with E-state index in [1.807, 2.05) is 0 Å². The summed E-state index contributed by atoms with van der Waals surface area (Å²) in [6, 6.07) is 7.88. The van der Waals surface area contributed by atoms with E-state index >= 15 is 0 Å². The Morgan fingerprint density at radius 2 is 1.85 bits per heavy atom. The predicted octanol–water partition coefficient (Wildman–Crippen LogP) is 3.23. The molecule has 0 spiro atoms. The molecule has 2 aromatic carbocycles. The molecule has 0 saturated carbocycles. The molecule has 27 heavy (non-hydrogen) atoms. The number of carbonyl (C=O) groups is 1. The first-order valence-corrected chi connectivity index (χ1v) is 9.39. The van der Waals surface area contributed by atoms with Gasteiger partial charge in [0, 0.05) is 6.26 Å². The summed E-state index contributed by atoms with van der Waals surface area (Å²) in [5.74, 6) is -1.28. The van der Waals surface area contributed by atoms with Crippen molar-refractivity contribution in [3.05, 3.63) is 53.9 Å². The first-order valence-electron chi connectivity index (χ1n) is 7.50. The summed E-state index contributed by atoms with van der Waals surface area (Å²) in [6.07, 6.45) is -2.82. The highest BCUT2D eigenvalue weighted by atomic mass is 32.2. The van der Waals surface area contributed by atoms with Crippen molar-refractivity contribution < 1.29 is 31.1 Å². The van der Waals surface area contributed by atoms with Gasteiger partial charge in [-0.1, -0.05) is 12.1 Å². The number of halogens is 3. The summed E-state index contributed by atoms with van der Waals surface area (Å²) in [6.45, 7) is 0. The summed E-state index contributed by atoms with van der Waals surface area (Å²) in [4.78, 5) is 15.5. The number of sulfone groups is 1. The Hall–Kier alpha value is -2.88. The number of hydrogen-bond donors (Lipinski definition) is 0. The average molecular weight is 398 g/mol. The Bertz CT molecular complexity index is 1150. The van der Waals surface area contributed by atoms with Crippen LogP contribution in [0.5, 0.6) is 0 Å². The number of esters is 1. The molecule has 0 radical (unpaired) electrons. The van der Waals surface area contributed by atoms with Crippen molar-refractivity contribution in [3.63, 3.8) is 0 Å². The number of para-hydroxylation sites is 2. The minimum Gasteiger partial charge on any atom is -0.465 e. The molecule has 1 aromatic heterocycles. The zero-order valence-electron chi connectivity index (χ0n) is 14.1. The molecule has 0 atom stereocenters. The van der Waals surface area contributed by atoms with Gasteiger partial charge in [0.25, 0.3) is 0 Å². The van der Waals surface area contributed by atoms with E-state index in [-0.39, 0.29) is 5.69 Å². The standard InChI is InChI=1S/C17H13F3N2O4S/c1-26-16(23)10-7-15(27(2,24)25)14(8-11(10)17(18,19)20)22-9-21-12-5-3-4-6-13(12)22/h3-9H,1-2H3. The number of carbonyl (C=O) groups excluding carboxylic acids is 1. The maximum absolute atomic E-state index is 13.5. The van der Waals surface area contributed by atoms with Crippen molar-refractivity contribution in [1.82, 2.24) is 9.55 Å². The number of aromatic nitrogens is 2. The summed E-state index contributed by atoms with van der Waals surface area (Å²) < 4.78 is 70.7. The maximum Gasteiger partial charge on any atom is 0.417 e. The Morgan fingerprint density at radius 1 is 1.19 bits per heavy atom. The molecule has 0 bridgehead atoms. The highest BCUT2D eigenvalue weighted by Gasteiger charge is 2.38. The van der Waals surface area contributed by atoms with Crippen molar-refractivity contribution in [3.8, 4) is 5.69 Å². The molecule has 3 aromatic rings. The number of alkyl halides is 3. The molecule has 3 rings (SSSR count). The molecular weight excluding hydrogens is 385 g/mol. The SMILES string of the molecule is COC(=O)c1cc(S(C)(=O)=O)c(-n2cnc3ccccc32)cc1C(F)(F)F. The lowest BCUT2D eigenvalue weighted by atomic mass is 10.1. The molecule has 0 N–H and O–H groups in total. The number of hydrogen-bond acceptors (Lipinski definition) is 5. The van der Waals surface area contributed by atoms with Crippen LogP contribution in [0.3, 0.4) is 0 Å². The molecular formula is C17H13F3N2O4S. The van der Waals surface area contributed by atoms with E-state index in [4.69, 9.17) is 0 Å². The summed E-state index contributed by atoms with van der Waals surface area (Å²) >= 11 is 0. The van der Waals surface area contributed by atoms with Crippen LogP contribution >= 0.6 is 0 Å². The van der Waals surface area contributed by atoms with Crippen molar-refractivity contribution >= 4 is 26.8 Å². The molecule has 142 valence electrons. The number of methoxy groups -OCH3 is 1. The third-order valence-corrected chi connectivity index (χ3v) is 5.05. The third kappa shape index (κ3) is 3.39. The molecule has 0 aliphatic heterocycles. The second-order valence-corrected chi connectivity index (χ2v) is 7.71. The zero-order chi connectivity index (χ0) is 20.0. The Balaban J connectivity index is 2.44. The van der Waals surface area contributed by atoms with Gasteiger partial charge < -0.3 is 4.74 Å². The van der Waals surface area contributed by atoms with Gasteiger partial charge in [-0.05, 0) is 24.3 Å². The quantitative estimate of drug-likeness (QED) is 0.633. The first-order chi connectivity index (χ1) is 12.5. The topological polar surface area (TPSA) is 78.3 Å². The van der Waals surface area contributed by atoms with Crippen LogP contribution in [0, 0.1) is 0 Å². The van der Waals surface area contributed by atoms with Crippen molar-refractivity contribution in [2.45, 2.75) is 11.1 Å². The highest BCUT2D eigenvalue weighted by Crippen LogP contribution is 2.37. The highest BCUT2D eigenvalue weighted by molar-refractivity contribution is 7.90. The summed E-state index contributed by atoms with van der Waals surface area (Å²) in [7, 11) is -3.06. The van der Waals surface area contributed by atoms with Crippen LogP contribution in [0.2, 0.25) is 0 Å². The van der Waals surface area contributed by atoms with E-state index in [0.29, 0.717) is 23.2 Å². The normalized spacial score (nSPS) is 12.3. The Labute approximate surface area is 152 Å². The number of rotatable bonds is 3. The maximum atomic E-state index is 13.5. The van der Waals surface area contributed by atoms with Crippen molar-refractivity contribution in [2.75, 3.05) is 13.4 Å². The average Bonchev–Trinajstić information content (AvgIpc) is 3.02. The number of ether oxygens (including phenoxy) is 1. The lowest BCUT2D eigenvalue weighted by molar-refractivity contribution is -0.138. The zero-order valence-corrected chi connectivity index (χ0v) is 14.9. The van der Waals surface area contributed by atoms with E-state index in [1.54, 1.807) is 24.3 Å². The van der Waals surface area contributed by atoms with E-state index in [2.05, 4.69) is 9.72 Å². The van der Waals surface area contributed by atoms with Gasteiger partial charge in [0.2, 0.25) is 0 Å². The van der Waals surface area contributed by atoms with Crippen molar-refractivity contribution in [1.29, 1.82) is 0 Å². The predicted molar refractivity (Wildman–Crippen MR) is 90.5 cm³/mol. The molecule has 0 saturated heterocycles. The number of benzene rings is 2. The molecule has 0 aliphatic rings. The Kier molecular flexibility index (Phi) is 4.46. The number of fused-ring (bicyclic) bond motifs is 1. The molecule has 1 heterocycles. The van der Waals surface area contributed by atoms with Gasteiger partial charge in [0.05, 0.1) is 39.9 Å². The van der Waals surface area contributed by atoms with E-state index < -0.39 is 38.0 Å². The minimum absolute atomic E-state index is 0.258. The molecule has 0 amide bonds. The second-order valence-electron chi connectivity index (χ2n) is 5.73. The second kappa shape index (κ2) is 6.38. The van der Waals surface area contributed by atoms with Crippen LogP contribution in [0.25, 0.3) is 16.7 Å². The van der Waals surface area contributed by atoms with Gasteiger partial charge in [-0.15, -0.1) is 0 Å². The van der Waals surface area contributed by atoms with Gasteiger partial charge in [-0.25, -0.2) is 18.2 Å². The lowest BCUT2D eigenvalue weighted by Crippen LogP contribution is -2.17. The number of nitrogens with zero attached hydrogens (tertiary/aromatic N) is 2. The smallest absolute Gasteiger partial charge is 0.417 e. The van der Waals surface area contributed by atoms with Crippen LogP contribution in [0.1, 0.15) is 15.9 Å². The van der Waals surface area contributed by atoms with Crippen LogP contribution in [0.15, 0.2) is 47.6 Å². The van der Waals surface area contributed by atoms with Crippen LogP contribution in [0.4, 0.5) is 13.2 Å². The van der Waals surface area contributed by atoms with E-state index in [0.717, 1.165) is 13.4 Å². The van der Waals surface area contributed by atoms with Gasteiger partial charge >= 0.3 is 12.1 Å². The van der Waals surface area contributed by atoms with Gasteiger partial charge in [-0.3, -0.25) is 4.57 Å². The first kappa shape index (κ1) is 18.9.